The number of aliphatic hydroxyl groups is 1. The first-order chi connectivity index (χ1) is 7.70. The number of nitrogens with one attached hydrogen (secondary N) is 1. The van der Waals surface area contributed by atoms with E-state index in [0.717, 1.165) is 25.9 Å². The zero-order valence-electron chi connectivity index (χ0n) is 9.98. The SMILES string of the molecule is CCC1CN(CCC(O)C2CCC2)NC1=O. The predicted octanol–water partition coefficient (Wildman–Crippen LogP) is 0.910. The van der Waals surface area contributed by atoms with Gasteiger partial charge in [0, 0.05) is 13.1 Å². The predicted molar refractivity (Wildman–Crippen MR) is 61.5 cm³/mol. The highest BCUT2D eigenvalue weighted by Crippen LogP contribution is 2.30. The van der Waals surface area contributed by atoms with Gasteiger partial charge in [-0.3, -0.25) is 10.2 Å². The fourth-order valence-electron chi connectivity index (χ4n) is 2.45. The van der Waals surface area contributed by atoms with Crippen LogP contribution in [0, 0.1) is 11.8 Å². The van der Waals surface area contributed by atoms with Gasteiger partial charge >= 0.3 is 0 Å². The Bertz CT molecular complexity index is 253. The molecule has 0 spiro atoms. The van der Waals surface area contributed by atoms with Crippen molar-refractivity contribution in [2.45, 2.75) is 45.1 Å². The number of rotatable bonds is 5. The first-order valence-electron chi connectivity index (χ1n) is 6.44. The smallest absolute Gasteiger partial charge is 0.238 e. The minimum Gasteiger partial charge on any atom is -0.393 e. The van der Waals surface area contributed by atoms with Gasteiger partial charge in [0.2, 0.25) is 5.91 Å². The number of amides is 1. The maximum absolute atomic E-state index is 11.4. The van der Waals surface area contributed by atoms with Gasteiger partial charge in [-0.1, -0.05) is 13.3 Å². The summed E-state index contributed by atoms with van der Waals surface area (Å²) in [5.41, 5.74) is 2.87. The van der Waals surface area contributed by atoms with E-state index in [1.807, 2.05) is 11.9 Å². The third-order valence-electron chi connectivity index (χ3n) is 3.96. The molecular formula is C12H22N2O2. The summed E-state index contributed by atoms with van der Waals surface area (Å²) in [4.78, 5) is 11.4. The molecule has 0 aromatic carbocycles. The highest BCUT2D eigenvalue weighted by Gasteiger charge is 2.30. The second-order valence-corrected chi connectivity index (χ2v) is 5.07. The van der Waals surface area contributed by atoms with Crippen LogP contribution >= 0.6 is 0 Å². The zero-order valence-corrected chi connectivity index (χ0v) is 9.98. The van der Waals surface area contributed by atoms with Gasteiger partial charge in [0.05, 0.1) is 12.0 Å². The first kappa shape index (κ1) is 11.9. The van der Waals surface area contributed by atoms with Gasteiger partial charge in [-0.15, -0.1) is 0 Å². The van der Waals surface area contributed by atoms with E-state index in [1.54, 1.807) is 0 Å². The molecule has 92 valence electrons. The van der Waals surface area contributed by atoms with Crippen LogP contribution in [0.15, 0.2) is 0 Å². The summed E-state index contributed by atoms with van der Waals surface area (Å²) in [7, 11) is 0. The topological polar surface area (TPSA) is 52.6 Å². The molecule has 2 fully saturated rings. The van der Waals surface area contributed by atoms with Crippen molar-refractivity contribution in [1.82, 2.24) is 10.4 Å². The molecule has 1 heterocycles. The lowest BCUT2D eigenvalue weighted by molar-refractivity contribution is -0.123. The molecule has 1 aliphatic carbocycles. The third kappa shape index (κ3) is 2.55. The largest absolute Gasteiger partial charge is 0.393 e. The van der Waals surface area contributed by atoms with Crippen molar-refractivity contribution in [3.63, 3.8) is 0 Å². The van der Waals surface area contributed by atoms with Gasteiger partial charge in [0.1, 0.15) is 0 Å². The van der Waals surface area contributed by atoms with Crippen molar-refractivity contribution >= 4 is 5.91 Å². The Labute approximate surface area is 97.0 Å². The number of nitrogens with zero attached hydrogens (tertiary/aromatic N) is 1. The van der Waals surface area contributed by atoms with E-state index < -0.39 is 0 Å². The molecule has 1 saturated heterocycles. The van der Waals surface area contributed by atoms with Crippen molar-refractivity contribution < 1.29 is 9.90 Å². The number of hydrogen-bond acceptors (Lipinski definition) is 3. The van der Waals surface area contributed by atoms with Crippen LogP contribution in [0.5, 0.6) is 0 Å². The van der Waals surface area contributed by atoms with E-state index in [2.05, 4.69) is 5.43 Å². The second kappa shape index (κ2) is 5.15. The normalized spacial score (nSPS) is 28.9. The van der Waals surface area contributed by atoms with Crippen LogP contribution in [0.25, 0.3) is 0 Å². The molecular weight excluding hydrogens is 204 g/mol. The maximum atomic E-state index is 11.4. The lowest BCUT2D eigenvalue weighted by Gasteiger charge is -2.31. The summed E-state index contributed by atoms with van der Waals surface area (Å²) in [6.07, 6.45) is 5.11. The van der Waals surface area contributed by atoms with Gasteiger partial charge in [-0.2, -0.15) is 0 Å². The Morgan fingerprint density at radius 1 is 1.56 bits per heavy atom. The van der Waals surface area contributed by atoms with E-state index in [4.69, 9.17) is 0 Å². The Morgan fingerprint density at radius 3 is 2.81 bits per heavy atom. The lowest BCUT2D eigenvalue weighted by atomic mass is 9.80. The van der Waals surface area contributed by atoms with Crippen molar-refractivity contribution in [3.05, 3.63) is 0 Å². The molecule has 1 saturated carbocycles. The zero-order chi connectivity index (χ0) is 11.5. The molecule has 0 radical (unpaired) electrons. The molecule has 2 aliphatic rings. The Balaban J connectivity index is 1.68. The van der Waals surface area contributed by atoms with Gasteiger partial charge in [0.15, 0.2) is 0 Å². The van der Waals surface area contributed by atoms with Gasteiger partial charge in [-0.25, -0.2) is 5.01 Å². The second-order valence-electron chi connectivity index (χ2n) is 5.07. The lowest BCUT2D eigenvalue weighted by Crippen LogP contribution is -2.37. The monoisotopic (exact) mass is 226 g/mol. The average Bonchev–Trinajstić information content (AvgIpc) is 2.53. The van der Waals surface area contributed by atoms with E-state index in [0.29, 0.717) is 5.92 Å². The Hall–Kier alpha value is -0.610. The van der Waals surface area contributed by atoms with E-state index >= 15 is 0 Å². The molecule has 2 unspecified atom stereocenters. The van der Waals surface area contributed by atoms with E-state index in [-0.39, 0.29) is 17.9 Å². The number of carbonyl (C=O) groups excluding carboxylic acids is 1. The van der Waals surface area contributed by atoms with Crippen molar-refractivity contribution in [2.75, 3.05) is 13.1 Å². The quantitative estimate of drug-likeness (QED) is 0.732. The summed E-state index contributed by atoms with van der Waals surface area (Å²) in [5, 5.41) is 11.8. The molecule has 0 bridgehead atoms. The molecule has 1 aliphatic heterocycles. The van der Waals surface area contributed by atoms with Crippen LogP contribution in [-0.4, -0.2) is 35.2 Å². The van der Waals surface area contributed by atoms with Crippen LogP contribution in [0.4, 0.5) is 0 Å². The maximum Gasteiger partial charge on any atom is 0.238 e. The van der Waals surface area contributed by atoms with E-state index in [1.165, 1.54) is 19.3 Å². The van der Waals surface area contributed by atoms with Crippen molar-refractivity contribution in [2.24, 2.45) is 11.8 Å². The molecule has 4 heteroatoms. The standard InChI is InChI=1S/C12H22N2O2/c1-2-9-8-14(13-12(9)16)7-6-11(15)10-4-3-5-10/h9-11,15H,2-8H2,1H3,(H,13,16). The molecule has 2 atom stereocenters. The Morgan fingerprint density at radius 2 is 2.31 bits per heavy atom. The molecule has 0 aromatic rings. The summed E-state index contributed by atoms with van der Waals surface area (Å²) >= 11 is 0. The van der Waals surface area contributed by atoms with Gasteiger partial charge in [0.25, 0.3) is 0 Å². The number of hydrogen-bond donors (Lipinski definition) is 2. The van der Waals surface area contributed by atoms with Gasteiger partial charge in [-0.05, 0) is 31.6 Å². The number of aliphatic hydroxyl groups excluding tert-OH is 1. The summed E-state index contributed by atoms with van der Waals surface area (Å²) in [6.45, 7) is 3.61. The molecule has 0 aromatic heterocycles. The van der Waals surface area contributed by atoms with Gasteiger partial charge < -0.3 is 5.11 Å². The van der Waals surface area contributed by atoms with Crippen LogP contribution in [-0.2, 0) is 4.79 Å². The summed E-state index contributed by atoms with van der Waals surface area (Å²) in [6, 6.07) is 0. The van der Waals surface area contributed by atoms with E-state index in [9.17, 15) is 9.90 Å². The average molecular weight is 226 g/mol. The minimum atomic E-state index is -0.175. The van der Waals surface area contributed by atoms with Crippen LogP contribution in [0.1, 0.15) is 39.0 Å². The van der Waals surface area contributed by atoms with Crippen LogP contribution < -0.4 is 5.43 Å². The molecule has 1 amide bonds. The molecule has 2 N–H and O–H groups in total. The molecule has 4 nitrogen and oxygen atoms in total. The van der Waals surface area contributed by atoms with Crippen LogP contribution in [0.2, 0.25) is 0 Å². The Kier molecular flexibility index (Phi) is 3.82. The van der Waals surface area contributed by atoms with Crippen molar-refractivity contribution in [3.8, 4) is 0 Å². The molecule has 2 rings (SSSR count). The highest BCUT2D eigenvalue weighted by atomic mass is 16.3. The summed E-state index contributed by atoms with van der Waals surface area (Å²) in [5.74, 6) is 0.793. The third-order valence-corrected chi connectivity index (χ3v) is 3.96. The minimum absolute atomic E-state index is 0.139. The molecule has 16 heavy (non-hydrogen) atoms. The fourth-order valence-corrected chi connectivity index (χ4v) is 2.45. The van der Waals surface area contributed by atoms with Crippen LogP contribution in [0.3, 0.4) is 0 Å². The highest BCUT2D eigenvalue weighted by molar-refractivity contribution is 5.80. The number of hydrazine groups is 1. The van der Waals surface area contributed by atoms with Crippen molar-refractivity contribution in [1.29, 1.82) is 0 Å². The summed E-state index contributed by atoms with van der Waals surface area (Å²) < 4.78 is 0. The first-order valence-corrected chi connectivity index (χ1v) is 6.44. The number of carbonyl (C=O) groups is 1. The fraction of sp³-hybridized carbons (Fsp3) is 0.917.